The van der Waals surface area contributed by atoms with Crippen LogP contribution in [0.5, 0.6) is 0 Å². The lowest BCUT2D eigenvalue weighted by Gasteiger charge is -2.14. The quantitative estimate of drug-likeness (QED) is 0.724. The molecule has 1 aromatic heterocycles. The first-order valence-electron chi connectivity index (χ1n) is 4.61. The first-order chi connectivity index (χ1) is 7.06. The molecule has 1 atom stereocenters. The molecule has 0 aliphatic rings. The van der Waals surface area contributed by atoms with Crippen LogP contribution in [0.3, 0.4) is 0 Å². The number of nitrogens with two attached hydrogens (primary N) is 1. The summed E-state index contributed by atoms with van der Waals surface area (Å²) < 4.78 is 4.58. The van der Waals surface area contributed by atoms with Crippen molar-refractivity contribution in [1.29, 1.82) is 0 Å². The molecule has 5 nitrogen and oxygen atoms in total. The molecule has 0 saturated heterocycles. The Morgan fingerprint density at radius 1 is 1.67 bits per heavy atom. The summed E-state index contributed by atoms with van der Waals surface area (Å²) in [7, 11) is 1.34. The number of rotatable bonds is 3. The molecule has 5 heteroatoms. The third-order valence-electron chi connectivity index (χ3n) is 2.12. The zero-order valence-electron chi connectivity index (χ0n) is 9.07. The summed E-state index contributed by atoms with van der Waals surface area (Å²) in [6, 6.07) is 1.34. The molecule has 0 bridgehead atoms. The van der Waals surface area contributed by atoms with Crippen LogP contribution >= 0.6 is 0 Å². The molecule has 0 saturated carbocycles. The number of esters is 1. The highest BCUT2D eigenvalue weighted by Crippen LogP contribution is 2.19. The fourth-order valence-electron chi connectivity index (χ4n) is 1.13. The molecule has 0 fully saturated rings. The molecule has 0 aliphatic heterocycles. The minimum Gasteiger partial charge on any atom is -0.467 e. The van der Waals surface area contributed by atoms with Gasteiger partial charge in [0.1, 0.15) is 11.9 Å². The second-order valence-corrected chi connectivity index (χ2v) is 3.28. The predicted octanol–water partition coefficient (Wildman–Crippen LogP) is 0.946. The van der Waals surface area contributed by atoms with Crippen LogP contribution in [-0.4, -0.2) is 24.1 Å². The van der Waals surface area contributed by atoms with Gasteiger partial charge in [-0.3, -0.25) is 0 Å². The Hall–Kier alpha value is -1.78. The third kappa shape index (κ3) is 2.59. The van der Waals surface area contributed by atoms with Crippen LogP contribution in [0.4, 0.5) is 11.5 Å². The van der Waals surface area contributed by atoms with E-state index in [4.69, 9.17) is 5.73 Å². The van der Waals surface area contributed by atoms with Crippen molar-refractivity contribution in [3.8, 4) is 0 Å². The van der Waals surface area contributed by atoms with Crippen molar-refractivity contribution in [3.05, 3.63) is 17.8 Å². The Bertz CT molecular complexity index is 366. The third-order valence-corrected chi connectivity index (χ3v) is 2.12. The lowest BCUT2D eigenvalue weighted by molar-refractivity contribution is -0.141. The number of hydrogen-bond donors (Lipinski definition) is 2. The minimum absolute atomic E-state index is 0.349. The molecular formula is C10H15N3O2. The zero-order chi connectivity index (χ0) is 11.4. The lowest BCUT2D eigenvalue weighted by Crippen LogP contribution is -2.28. The van der Waals surface area contributed by atoms with Gasteiger partial charge >= 0.3 is 5.97 Å². The smallest absolute Gasteiger partial charge is 0.328 e. The minimum atomic E-state index is -0.466. The number of hydrogen-bond acceptors (Lipinski definition) is 5. The maximum Gasteiger partial charge on any atom is 0.328 e. The Balaban J connectivity index is 2.81. The number of nitrogens with zero attached hydrogens (tertiary/aromatic N) is 1. The summed E-state index contributed by atoms with van der Waals surface area (Å²) in [5, 5.41) is 2.89. The lowest BCUT2D eigenvalue weighted by atomic mass is 10.2. The number of ether oxygens (including phenoxy) is 1. The monoisotopic (exact) mass is 209 g/mol. The fourth-order valence-corrected chi connectivity index (χ4v) is 1.13. The number of carbonyl (C=O) groups is 1. The van der Waals surface area contributed by atoms with Crippen LogP contribution < -0.4 is 11.1 Å². The maximum absolute atomic E-state index is 11.2. The molecule has 1 heterocycles. The molecular weight excluding hydrogens is 194 g/mol. The Kier molecular flexibility index (Phi) is 3.49. The van der Waals surface area contributed by atoms with E-state index in [2.05, 4.69) is 15.0 Å². The van der Waals surface area contributed by atoms with Gasteiger partial charge in [0.05, 0.1) is 12.8 Å². The molecule has 1 rings (SSSR count). The van der Waals surface area contributed by atoms with Gasteiger partial charge in [-0.15, -0.1) is 0 Å². The van der Waals surface area contributed by atoms with Gasteiger partial charge in [0, 0.05) is 6.20 Å². The first kappa shape index (κ1) is 11.3. The number of nitrogens with one attached hydrogen (secondary N) is 1. The number of aryl methyl sites for hydroxylation is 1. The summed E-state index contributed by atoms with van der Waals surface area (Å²) in [5.41, 5.74) is 7.27. The van der Waals surface area contributed by atoms with Gasteiger partial charge in [-0.05, 0) is 25.5 Å². The summed E-state index contributed by atoms with van der Waals surface area (Å²) in [6.45, 7) is 3.57. The van der Waals surface area contributed by atoms with Crippen LogP contribution in [0.1, 0.15) is 12.5 Å². The van der Waals surface area contributed by atoms with Crippen LogP contribution in [-0.2, 0) is 9.53 Å². The molecule has 0 amide bonds. The van der Waals surface area contributed by atoms with Gasteiger partial charge < -0.3 is 15.8 Å². The van der Waals surface area contributed by atoms with Crippen molar-refractivity contribution >= 4 is 17.5 Å². The maximum atomic E-state index is 11.2. The molecule has 0 aliphatic carbocycles. The molecule has 0 radical (unpaired) electrons. The van der Waals surface area contributed by atoms with Crippen molar-refractivity contribution in [2.24, 2.45) is 0 Å². The van der Waals surface area contributed by atoms with E-state index in [1.54, 1.807) is 13.1 Å². The highest BCUT2D eigenvalue weighted by Gasteiger charge is 2.14. The van der Waals surface area contributed by atoms with E-state index in [1.807, 2.05) is 13.0 Å². The SMILES string of the molecule is COC(=O)C(C)Nc1nccc(C)c1N. The molecule has 0 spiro atoms. The van der Waals surface area contributed by atoms with E-state index in [0.29, 0.717) is 11.5 Å². The summed E-state index contributed by atoms with van der Waals surface area (Å²) >= 11 is 0. The van der Waals surface area contributed by atoms with Crippen molar-refractivity contribution < 1.29 is 9.53 Å². The molecule has 15 heavy (non-hydrogen) atoms. The van der Waals surface area contributed by atoms with Crippen LogP contribution in [0, 0.1) is 6.92 Å². The standard InChI is InChI=1S/C10H15N3O2/c1-6-4-5-12-9(8(6)11)13-7(2)10(14)15-3/h4-5,7H,11H2,1-3H3,(H,12,13). The Labute approximate surface area is 88.6 Å². The van der Waals surface area contributed by atoms with Crippen molar-refractivity contribution in [1.82, 2.24) is 4.98 Å². The largest absolute Gasteiger partial charge is 0.467 e. The predicted molar refractivity (Wildman–Crippen MR) is 58.5 cm³/mol. The Morgan fingerprint density at radius 3 is 2.93 bits per heavy atom. The first-order valence-corrected chi connectivity index (χ1v) is 4.61. The Morgan fingerprint density at radius 2 is 2.33 bits per heavy atom. The summed E-state index contributed by atoms with van der Waals surface area (Å²) in [5.74, 6) is 0.158. The number of nitrogen functional groups attached to an aromatic ring is 1. The molecule has 3 N–H and O–H groups in total. The van der Waals surface area contributed by atoms with Gasteiger partial charge in [-0.1, -0.05) is 0 Å². The highest BCUT2D eigenvalue weighted by molar-refractivity contribution is 5.80. The van der Waals surface area contributed by atoms with Gasteiger partial charge in [-0.25, -0.2) is 9.78 Å². The normalized spacial score (nSPS) is 11.9. The van der Waals surface area contributed by atoms with E-state index in [9.17, 15) is 4.79 Å². The summed E-state index contributed by atoms with van der Waals surface area (Å²) in [6.07, 6.45) is 1.64. The second-order valence-electron chi connectivity index (χ2n) is 3.28. The van der Waals surface area contributed by atoms with Gasteiger partial charge in [0.15, 0.2) is 0 Å². The molecule has 1 unspecified atom stereocenters. The van der Waals surface area contributed by atoms with Crippen molar-refractivity contribution in [2.75, 3.05) is 18.2 Å². The van der Waals surface area contributed by atoms with E-state index in [-0.39, 0.29) is 5.97 Å². The van der Waals surface area contributed by atoms with E-state index < -0.39 is 6.04 Å². The average Bonchev–Trinajstić information content (AvgIpc) is 2.23. The van der Waals surface area contributed by atoms with Gasteiger partial charge in [-0.2, -0.15) is 0 Å². The van der Waals surface area contributed by atoms with Gasteiger partial charge in [0.2, 0.25) is 0 Å². The fraction of sp³-hybridized carbons (Fsp3) is 0.400. The van der Waals surface area contributed by atoms with Crippen LogP contribution in [0.2, 0.25) is 0 Å². The van der Waals surface area contributed by atoms with E-state index in [1.165, 1.54) is 7.11 Å². The topological polar surface area (TPSA) is 77.2 Å². The number of pyridine rings is 1. The van der Waals surface area contributed by atoms with E-state index >= 15 is 0 Å². The number of carbonyl (C=O) groups excluding carboxylic acids is 1. The zero-order valence-corrected chi connectivity index (χ0v) is 9.07. The summed E-state index contributed by atoms with van der Waals surface area (Å²) in [4.78, 5) is 15.2. The van der Waals surface area contributed by atoms with Crippen LogP contribution in [0.15, 0.2) is 12.3 Å². The molecule has 1 aromatic rings. The molecule has 0 aromatic carbocycles. The number of anilines is 2. The average molecular weight is 209 g/mol. The van der Waals surface area contributed by atoms with Crippen molar-refractivity contribution in [3.63, 3.8) is 0 Å². The van der Waals surface area contributed by atoms with Crippen molar-refractivity contribution in [2.45, 2.75) is 19.9 Å². The number of methoxy groups -OCH3 is 1. The van der Waals surface area contributed by atoms with Gasteiger partial charge in [0.25, 0.3) is 0 Å². The molecule has 82 valence electrons. The van der Waals surface area contributed by atoms with Crippen LogP contribution in [0.25, 0.3) is 0 Å². The second kappa shape index (κ2) is 4.63. The van der Waals surface area contributed by atoms with E-state index in [0.717, 1.165) is 5.56 Å². The number of aromatic nitrogens is 1. The highest BCUT2D eigenvalue weighted by atomic mass is 16.5.